The lowest BCUT2D eigenvalue weighted by Crippen LogP contribution is -2.20. The van der Waals surface area contributed by atoms with E-state index in [0.29, 0.717) is 0 Å². The summed E-state index contributed by atoms with van der Waals surface area (Å²) in [5, 5.41) is 13.1. The Kier molecular flexibility index (Phi) is 2.49. The van der Waals surface area contributed by atoms with Crippen LogP contribution in [0.2, 0.25) is 0 Å². The maximum atomic E-state index is 4.66. The monoisotopic (exact) mass is 232 g/mol. The third-order valence-electron chi connectivity index (χ3n) is 2.70. The Morgan fingerprint density at radius 3 is 2.06 bits per heavy atom. The first-order chi connectivity index (χ1) is 7.69. The van der Waals surface area contributed by atoms with Gasteiger partial charge in [-0.3, -0.25) is 0 Å². The van der Waals surface area contributed by atoms with Crippen molar-refractivity contribution in [1.29, 1.82) is 0 Å². The second-order valence-electron chi connectivity index (χ2n) is 6.51. The molecule has 0 aliphatic heterocycles. The number of nitrogens with zero attached hydrogens (tertiary/aromatic N) is 4. The van der Waals surface area contributed by atoms with Crippen LogP contribution in [0.3, 0.4) is 0 Å². The van der Waals surface area contributed by atoms with E-state index in [2.05, 4.69) is 56.8 Å². The fourth-order valence-electron chi connectivity index (χ4n) is 1.66. The van der Waals surface area contributed by atoms with Gasteiger partial charge in [-0.1, -0.05) is 41.5 Å². The Labute approximate surface area is 102 Å². The first kappa shape index (κ1) is 12.0. The molecule has 0 radical (unpaired) electrons. The molecule has 2 rings (SSSR count). The summed E-state index contributed by atoms with van der Waals surface area (Å²) in [6, 6.07) is 4.01. The normalized spacial score (nSPS) is 13.3. The van der Waals surface area contributed by atoms with Gasteiger partial charge < -0.3 is 0 Å². The third kappa shape index (κ3) is 2.16. The molecule has 0 N–H and O–H groups in total. The zero-order valence-electron chi connectivity index (χ0n) is 11.4. The van der Waals surface area contributed by atoms with Gasteiger partial charge in [0.05, 0.1) is 5.69 Å². The van der Waals surface area contributed by atoms with Crippen molar-refractivity contribution in [2.45, 2.75) is 52.4 Å². The van der Waals surface area contributed by atoms with Crippen LogP contribution >= 0.6 is 0 Å². The minimum absolute atomic E-state index is 0.0353. The number of hydrogen-bond donors (Lipinski definition) is 0. The van der Waals surface area contributed by atoms with Crippen LogP contribution in [0.25, 0.3) is 5.65 Å². The van der Waals surface area contributed by atoms with Gasteiger partial charge in [-0.15, -0.1) is 10.2 Å². The highest BCUT2D eigenvalue weighted by molar-refractivity contribution is 5.38. The van der Waals surface area contributed by atoms with Crippen LogP contribution in [0.4, 0.5) is 0 Å². The van der Waals surface area contributed by atoms with E-state index in [9.17, 15) is 0 Å². The molecule has 0 unspecified atom stereocenters. The van der Waals surface area contributed by atoms with E-state index in [4.69, 9.17) is 0 Å². The second kappa shape index (κ2) is 3.52. The van der Waals surface area contributed by atoms with Crippen LogP contribution in [0.1, 0.15) is 53.1 Å². The zero-order valence-corrected chi connectivity index (χ0v) is 11.4. The number of aromatic nitrogens is 4. The van der Waals surface area contributed by atoms with E-state index < -0.39 is 0 Å². The van der Waals surface area contributed by atoms with Crippen LogP contribution in [0.15, 0.2) is 12.1 Å². The summed E-state index contributed by atoms with van der Waals surface area (Å²) in [5.41, 5.74) is 1.84. The van der Waals surface area contributed by atoms with Crippen molar-refractivity contribution in [3.8, 4) is 0 Å². The summed E-state index contributed by atoms with van der Waals surface area (Å²) in [5.74, 6) is 0.901. The Balaban J connectivity index is 2.67. The van der Waals surface area contributed by atoms with Gasteiger partial charge >= 0.3 is 0 Å². The average Bonchev–Trinajstić information content (AvgIpc) is 2.57. The molecule has 0 bridgehead atoms. The highest BCUT2D eigenvalue weighted by atomic mass is 15.4. The minimum atomic E-state index is -0.0527. The lowest BCUT2D eigenvalue weighted by Gasteiger charge is -2.19. The van der Waals surface area contributed by atoms with Crippen molar-refractivity contribution < 1.29 is 0 Å². The molecule has 0 fully saturated rings. The van der Waals surface area contributed by atoms with Crippen molar-refractivity contribution in [1.82, 2.24) is 19.8 Å². The number of hydrogen-bond acceptors (Lipinski definition) is 3. The molecule has 0 aromatic carbocycles. The minimum Gasteiger partial charge on any atom is -0.197 e. The summed E-state index contributed by atoms with van der Waals surface area (Å²) in [6.45, 7) is 12.8. The Hall–Kier alpha value is -1.45. The Bertz CT molecular complexity index is 541. The Morgan fingerprint density at radius 2 is 1.53 bits per heavy atom. The van der Waals surface area contributed by atoms with Gasteiger partial charge in [-0.05, 0) is 12.1 Å². The summed E-state index contributed by atoms with van der Waals surface area (Å²) in [7, 11) is 0. The quantitative estimate of drug-likeness (QED) is 0.701. The van der Waals surface area contributed by atoms with E-state index in [1.807, 2.05) is 16.6 Å². The van der Waals surface area contributed by atoms with Crippen LogP contribution in [-0.2, 0) is 10.8 Å². The fraction of sp³-hybridized carbons (Fsp3) is 0.615. The zero-order chi connectivity index (χ0) is 12.8. The van der Waals surface area contributed by atoms with Gasteiger partial charge in [0.15, 0.2) is 11.5 Å². The van der Waals surface area contributed by atoms with E-state index in [1.54, 1.807) is 0 Å². The lowest BCUT2D eigenvalue weighted by atomic mass is 9.92. The standard InChI is InChI=1S/C13H20N4/c1-12(2,3)9-7-8-10-14-15-11(13(4,5)6)17(10)16-9/h7-8H,1-6H3. The summed E-state index contributed by atoms with van der Waals surface area (Å²) >= 11 is 0. The third-order valence-corrected chi connectivity index (χ3v) is 2.70. The topological polar surface area (TPSA) is 43.1 Å². The highest BCUT2D eigenvalue weighted by Crippen LogP contribution is 2.23. The summed E-state index contributed by atoms with van der Waals surface area (Å²) in [6.07, 6.45) is 0. The van der Waals surface area contributed by atoms with Gasteiger partial charge in [0.2, 0.25) is 0 Å². The van der Waals surface area contributed by atoms with Gasteiger partial charge in [-0.2, -0.15) is 9.61 Å². The lowest BCUT2D eigenvalue weighted by molar-refractivity contribution is 0.508. The Morgan fingerprint density at radius 1 is 0.882 bits per heavy atom. The van der Waals surface area contributed by atoms with Crippen LogP contribution in [0, 0.1) is 0 Å². The average molecular weight is 232 g/mol. The molecule has 92 valence electrons. The molecule has 4 heteroatoms. The predicted octanol–water partition coefficient (Wildman–Crippen LogP) is 2.72. The maximum absolute atomic E-state index is 4.66. The molecule has 0 saturated carbocycles. The largest absolute Gasteiger partial charge is 0.197 e. The molecule has 0 aliphatic carbocycles. The van der Waals surface area contributed by atoms with E-state index >= 15 is 0 Å². The van der Waals surface area contributed by atoms with Crippen LogP contribution in [-0.4, -0.2) is 19.8 Å². The van der Waals surface area contributed by atoms with E-state index in [1.165, 1.54) is 0 Å². The highest BCUT2D eigenvalue weighted by Gasteiger charge is 2.23. The SMILES string of the molecule is CC(C)(C)c1ccc2nnc(C(C)(C)C)n2n1. The van der Waals surface area contributed by atoms with Crippen LogP contribution < -0.4 is 0 Å². The molecule has 0 saturated heterocycles. The molecular weight excluding hydrogens is 212 g/mol. The number of fused-ring (bicyclic) bond motifs is 1. The van der Waals surface area contributed by atoms with Crippen molar-refractivity contribution in [2.24, 2.45) is 0 Å². The second-order valence-corrected chi connectivity index (χ2v) is 6.51. The first-order valence-electron chi connectivity index (χ1n) is 5.93. The molecule has 17 heavy (non-hydrogen) atoms. The van der Waals surface area contributed by atoms with Crippen molar-refractivity contribution in [3.05, 3.63) is 23.7 Å². The molecule has 0 atom stereocenters. The van der Waals surface area contributed by atoms with Gasteiger partial charge in [0.25, 0.3) is 0 Å². The molecule has 0 amide bonds. The van der Waals surface area contributed by atoms with E-state index in [-0.39, 0.29) is 10.8 Å². The molecule has 2 aromatic rings. The molecule has 0 spiro atoms. The van der Waals surface area contributed by atoms with Gasteiger partial charge in [0, 0.05) is 10.8 Å². The van der Waals surface area contributed by atoms with Gasteiger partial charge in [-0.25, -0.2) is 0 Å². The number of rotatable bonds is 0. The van der Waals surface area contributed by atoms with E-state index in [0.717, 1.165) is 17.2 Å². The maximum Gasteiger partial charge on any atom is 0.177 e. The van der Waals surface area contributed by atoms with Crippen LogP contribution in [0.5, 0.6) is 0 Å². The first-order valence-corrected chi connectivity index (χ1v) is 5.93. The smallest absolute Gasteiger partial charge is 0.177 e. The molecular formula is C13H20N4. The van der Waals surface area contributed by atoms with Gasteiger partial charge in [0.1, 0.15) is 0 Å². The molecule has 2 aromatic heterocycles. The van der Waals surface area contributed by atoms with Crippen molar-refractivity contribution >= 4 is 5.65 Å². The summed E-state index contributed by atoms with van der Waals surface area (Å²) in [4.78, 5) is 0. The van der Waals surface area contributed by atoms with Crippen molar-refractivity contribution in [2.75, 3.05) is 0 Å². The molecule has 4 nitrogen and oxygen atoms in total. The molecule has 2 heterocycles. The predicted molar refractivity (Wildman–Crippen MR) is 68.2 cm³/mol. The fourth-order valence-corrected chi connectivity index (χ4v) is 1.66. The molecule has 0 aliphatic rings. The summed E-state index contributed by atoms with van der Waals surface area (Å²) < 4.78 is 1.86. The van der Waals surface area contributed by atoms with Crippen molar-refractivity contribution in [3.63, 3.8) is 0 Å².